The fraction of sp³-hybridized carbons (Fsp3) is 0.435. The molecule has 0 aliphatic carbocycles. The first-order valence-electron chi connectivity index (χ1n) is 11.3. The van der Waals surface area contributed by atoms with E-state index in [4.69, 9.17) is 15.6 Å². The van der Waals surface area contributed by atoms with E-state index in [2.05, 4.69) is 10.1 Å². The van der Waals surface area contributed by atoms with Crippen LogP contribution in [0.25, 0.3) is 5.65 Å². The summed E-state index contributed by atoms with van der Waals surface area (Å²) in [6.45, 7) is 3.91. The van der Waals surface area contributed by atoms with E-state index in [9.17, 15) is 13.6 Å². The highest BCUT2D eigenvalue weighted by atomic mass is 19.3. The van der Waals surface area contributed by atoms with Crippen LogP contribution in [0.4, 0.5) is 14.6 Å². The van der Waals surface area contributed by atoms with Crippen LogP contribution in [-0.4, -0.2) is 47.0 Å². The number of benzene rings is 1. The number of rotatable bonds is 4. The molecule has 2 aromatic heterocycles. The van der Waals surface area contributed by atoms with Crippen molar-refractivity contribution in [3.63, 3.8) is 0 Å². The Hall–Kier alpha value is -3.43. The molecule has 1 saturated heterocycles. The van der Waals surface area contributed by atoms with Crippen LogP contribution in [0.15, 0.2) is 35.1 Å². The molecule has 3 aromatic rings. The molecule has 10 heteroatoms. The molecule has 2 aliphatic heterocycles. The van der Waals surface area contributed by atoms with E-state index in [1.54, 1.807) is 31.2 Å². The fourth-order valence-electron chi connectivity index (χ4n) is 4.01. The predicted octanol–water partition coefficient (Wildman–Crippen LogP) is 3.54. The molecule has 1 fully saturated rings. The maximum Gasteiger partial charge on any atom is 0.280 e. The third-order valence-electron chi connectivity index (χ3n) is 5.66. The minimum atomic E-state index is -2.83. The van der Waals surface area contributed by atoms with E-state index in [0.717, 1.165) is 17.0 Å². The molecule has 1 aromatic carbocycles. The zero-order valence-corrected chi connectivity index (χ0v) is 18.1. The molecule has 0 spiro atoms. The van der Waals surface area contributed by atoms with Crippen molar-refractivity contribution < 1.29 is 24.4 Å². The molecular formula is C23H24F2N4O4. The predicted molar refractivity (Wildman–Crippen MR) is 117 cm³/mol. The van der Waals surface area contributed by atoms with Gasteiger partial charge in [0.2, 0.25) is 0 Å². The van der Waals surface area contributed by atoms with Crippen molar-refractivity contribution in [3.05, 3.63) is 51.9 Å². The number of aromatic nitrogens is 3. The minimum Gasteiger partial charge on any atom is -0.490 e. The summed E-state index contributed by atoms with van der Waals surface area (Å²) in [4.78, 5) is 18.1. The van der Waals surface area contributed by atoms with Gasteiger partial charge in [-0.25, -0.2) is 13.8 Å². The molecular weight excluding hydrogens is 434 g/mol. The summed E-state index contributed by atoms with van der Waals surface area (Å²) in [7, 11) is 0. The van der Waals surface area contributed by atoms with Crippen LogP contribution in [0.2, 0.25) is 0 Å². The zero-order valence-electron chi connectivity index (χ0n) is 19.1. The Kier molecular flexibility index (Phi) is 5.41. The van der Waals surface area contributed by atoms with Gasteiger partial charge in [-0.3, -0.25) is 4.79 Å². The molecule has 8 nitrogen and oxygen atoms in total. The van der Waals surface area contributed by atoms with Crippen LogP contribution in [0.1, 0.15) is 38.3 Å². The van der Waals surface area contributed by atoms with E-state index < -0.39 is 23.8 Å². The molecule has 0 unspecified atom stereocenters. The Morgan fingerprint density at radius 2 is 1.91 bits per heavy atom. The molecule has 0 radical (unpaired) electrons. The minimum absolute atomic E-state index is 0.0774. The second kappa shape index (κ2) is 8.84. The Balaban J connectivity index is 1.32. The molecule has 2 aliphatic rings. The van der Waals surface area contributed by atoms with E-state index in [0.29, 0.717) is 67.8 Å². The highest BCUT2D eigenvalue weighted by Gasteiger charge is 2.24. The third-order valence-corrected chi connectivity index (χ3v) is 5.66. The molecule has 0 N–H and O–H groups in total. The van der Waals surface area contributed by atoms with Crippen LogP contribution in [0, 0.1) is 6.92 Å². The van der Waals surface area contributed by atoms with Crippen LogP contribution in [0.3, 0.4) is 0 Å². The summed E-state index contributed by atoms with van der Waals surface area (Å²) in [5.41, 5.74) is -0.442. The molecule has 5 rings (SSSR count). The summed E-state index contributed by atoms with van der Waals surface area (Å²) in [6, 6.07) is 7.70. The van der Waals surface area contributed by atoms with Crippen LogP contribution >= 0.6 is 0 Å². The fourth-order valence-corrected chi connectivity index (χ4v) is 4.01. The van der Waals surface area contributed by atoms with Gasteiger partial charge < -0.3 is 19.1 Å². The zero-order chi connectivity index (χ0) is 23.9. The SMILES string of the molecule is [2H]C1(Oc2ccc3c(c2)OCCCO3)CCN(c2nn3c(=O)cc(C(F)F)nc3cc2C)CC1. The quantitative estimate of drug-likeness (QED) is 0.591. The molecule has 4 heterocycles. The molecule has 0 bridgehead atoms. The van der Waals surface area contributed by atoms with Crippen molar-refractivity contribution in [1.82, 2.24) is 14.6 Å². The number of alkyl halides is 2. The van der Waals surface area contributed by atoms with Gasteiger partial charge in [0.25, 0.3) is 12.0 Å². The molecule has 174 valence electrons. The largest absolute Gasteiger partial charge is 0.490 e. The van der Waals surface area contributed by atoms with Crippen molar-refractivity contribution in [1.29, 1.82) is 0 Å². The Labute approximate surface area is 190 Å². The number of nitrogens with zero attached hydrogens (tertiary/aromatic N) is 4. The molecule has 0 atom stereocenters. The summed E-state index contributed by atoms with van der Waals surface area (Å²) in [6.07, 6.45) is -2.36. The maximum absolute atomic E-state index is 13.0. The van der Waals surface area contributed by atoms with Gasteiger partial charge in [-0.15, -0.1) is 5.10 Å². The number of piperidine rings is 1. The highest BCUT2D eigenvalue weighted by Crippen LogP contribution is 2.34. The standard InChI is InChI=1S/C23H24F2N4O4/c1-14-11-20-26-17(22(24)25)13-21(30)29(20)27-23(14)28-7-5-15(6-8-28)33-16-3-4-18-19(12-16)32-10-2-9-31-18/h3-4,11-13,15,22H,2,5-10H2,1H3/i15D. The molecule has 0 amide bonds. The van der Waals surface area contributed by atoms with Crippen molar-refractivity contribution in [2.24, 2.45) is 0 Å². The normalized spacial score (nSPS) is 18.2. The number of aryl methyl sites for hydroxylation is 1. The van der Waals surface area contributed by atoms with E-state index in [1.165, 1.54) is 0 Å². The number of hydrogen-bond acceptors (Lipinski definition) is 7. The topological polar surface area (TPSA) is 78.2 Å². The van der Waals surface area contributed by atoms with Crippen molar-refractivity contribution in [3.8, 4) is 17.2 Å². The second-order valence-electron chi connectivity index (χ2n) is 8.03. The lowest BCUT2D eigenvalue weighted by atomic mass is 10.1. The average molecular weight is 459 g/mol. The van der Waals surface area contributed by atoms with Gasteiger partial charge >= 0.3 is 0 Å². The monoisotopic (exact) mass is 459 g/mol. The maximum atomic E-state index is 13.0. The molecule has 0 saturated carbocycles. The van der Waals surface area contributed by atoms with E-state index >= 15 is 0 Å². The van der Waals surface area contributed by atoms with Crippen molar-refractivity contribution in [2.75, 3.05) is 31.2 Å². The van der Waals surface area contributed by atoms with Crippen LogP contribution < -0.4 is 24.7 Å². The Morgan fingerprint density at radius 3 is 2.67 bits per heavy atom. The van der Waals surface area contributed by atoms with E-state index in [-0.39, 0.29) is 5.65 Å². The number of anilines is 1. The second-order valence-corrected chi connectivity index (χ2v) is 8.03. The Morgan fingerprint density at radius 1 is 1.15 bits per heavy atom. The first-order chi connectivity index (χ1) is 16.3. The van der Waals surface area contributed by atoms with Gasteiger partial charge in [-0.1, -0.05) is 0 Å². The van der Waals surface area contributed by atoms with Gasteiger partial charge in [0.1, 0.15) is 17.5 Å². The first-order valence-corrected chi connectivity index (χ1v) is 10.8. The smallest absolute Gasteiger partial charge is 0.280 e. The van der Waals surface area contributed by atoms with Crippen molar-refractivity contribution >= 4 is 11.5 Å². The van der Waals surface area contributed by atoms with Crippen molar-refractivity contribution in [2.45, 2.75) is 38.7 Å². The lowest BCUT2D eigenvalue weighted by molar-refractivity contribution is 0.146. The lowest BCUT2D eigenvalue weighted by Crippen LogP contribution is -2.39. The van der Waals surface area contributed by atoms with Gasteiger partial charge in [-0.05, 0) is 30.7 Å². The molecule has 33 heavy (non-hydrogen) atoms. The lowest BCUT2D eigenvalue weighted by Gasteiger charge is -2.33. The number of halogens is 2. The van der Waals surface area contributed by atoms with Gasteiger partial charge in [0, 0.05) is 44.5 Å². The van der Waals surface area contributed by atoms with Crippen LogP contribution in [-0.2, 0) is 0 Å². The number of fused-ring (bicyclic) bond motifs is 2. The number of hydrogen-bond donors (Lipinski definition) is 0. The highest BCUT2D eigenvalue weighted by molar-refractivity contribution is 5.53. The first kappa shape index (κ1) is 20.2. The Bertz CT molecular complexity index is 1280. The summed E-state index contributed by atoms with van der Waals surface area (Å²) < 4.78 is 53.2. The summed E-state index contributed by atoms with van der Waals surface area (Å²) in [5.74, 6) is 2.38. The van der Waals surface area contributed by atoms with Gasteiger partial charge in [0.15, 0.2) is 23.0 Å². The average Bonchev–Trinajstić information content (AvgIpc) is 3.04. The van der Waals surface area contributed by atoms with Crippen LogP contribution in [0.5, 0.6) is 17.2 Å². The number of ether oxygens (including phenoxy) is 3. The van der Waals surface area contributed by atoms with Gasteiger partial charge in [0.05, 0.1) is 14.6 Å². The summed E-state index contributed by atoms with van der Waals surface area (Å²) >= 11 is 0. The van der Waals surface area contributed by atoms with E-state index in [1.807, 2.05) is 4.90 Å². The third kappa shape index (κ3) is 4.42. The van der Waals surface area contributed by atoms with Gasteiger partial charge in [-0.2, -0.15) is 4.52 Å². The summed E-state index contributed by atoms with van der Waals surface area (Å²) in [5, 5.41) is 4.38.